The molecular weight excluding hydrogens is 160 g/mol. The van der Waals surface area contributed by atoms with E-state index in [4.69, 9.17) is 5.73 Å². The molecule has 2 rings (SSSR count). The van der Waals surface area contributed by atoms with Crippen molar-refractivity contribution in [2.24, 2.45) is 5.73 Å². The van der Waals surface area contributed by atoms with Gasteiger partial charge in [0.05, 0.1) is 0 Å². The number of hydrogen-bond acceptors (Lipinski definition) is 1. The third kappa shape index (κ3) is 1.51. The second kappa shape index (κ2) is 3.18. The Bertz CT molecular complexity index is 299. The van der Waals surface area contributed by atoms with Crippen LogP contribution in [0.3, 0.4) is 0 Å². The van der Waals surface area contributed by atoms with Gasteiger partial charge in [0.1, 0.15) is 0 Å². The van der Waals surface area contributed by atoms with Crippen LogP contribution < -0.4 is 5.73 Å². The van der Waals surface area contributed by atoms with Gasteiger partial charge in [-0.3, -0.25) is 0 Å². The van der Waals surface area contributed by atoms with Crippen molar-refractivity contribution in [2.45, 2.75) is 45.2 Å². The van der Waals surface area contributed by atoms with Gasteiger partial charge in [-0.2, -0.15) is 0 Å². The fourth-order valence-corrected chi connectivity index (χ4v) is 2.04. The Balaban J connectivity index is 2.36. The molecule has 2 N–H and O–H groups in total. The lowest BCUT2D eigenvalue weighted by Crippen LogP contribution is -2.15. The number of rotatable bonds is 1. The van der Waals surface area contributed by atoms with Crippen molar-refractivity contribution < 1.29 is 0 Å². The van der Waals surface area contributed by atoms with Gasteiger partial charge in [-0.05, 0) is 44.2 Å². The van der Waals surface area contributed by atoms with E-state index in [2.05, 4.69) is 30.8 Å². The number of aryl methyl sites for hydroxylation is 1. The smallest absolute Gasteiger partial charge is 0.0312 e. The highest BCUT2D eigenvalue weighted by Gasteiger charge is 2.18. The third-order valence-electron chi connectivity index (χ3n) is 2.92. The van der Waals surface area contributed by atoms with Gasteiger partial charge in [-0.15, -0.1) is 0 Å². The van der Waals surface area contributed by atoms with Crippen LogP contribution in [0.25, 0.3) is 0 Å². The zero-order valence-electron chi connectivity index (χ0n) is 8.46. The topological polar surface area (TPSA) is 30.9 Å². The summed E-state index contributed by atoms with van der Waals surface area (Å²) in [7, 11) is 0. The molecule has 1 atom stereocenters. The summed E-state index contributed by atoms with van der Waals surface area (Å²) in [6, 6.07) is 0.835. The molecule has 0 bridgehead atoms. The van der Waals surface area contributed by atoms with Crippen LogP contribution in [-0.2, 0) is 6.42 Å². The highest BCUT2D eigenvalue weighted by Crippen LogP contribution is 2.29. The molecule has 0 saturated heterocycles. The number of aromatic nitrogens is 1. The first-order valence-corrected chi connectivity index (χ1v) is 5.14. The standard InChI is InChI=1S/C11H18N2/c1-8(2)13-6-9-4-3-5-11(12)10(9)7-13/h6-8,11H,3-5,12H2,1-2H3. The molecule has 13 heavy (non-hydrogen) atoms. The molecule has 0 saturated carbocycles. The third-order valence-corrected chi connectivity index (χ3v) is 2.92. The van der Waals surface area contributed by atoms with Crippen molar-refractivity contribution in [1.29, 1.82) is 0 Å². The second-order valence-corrected chi connectivity index (χ2v) is 4.28. The van der Waals surface area contributed by atoms with Crippen LogP contribution in [0.1, 0.15) is 49.9 Å². The van der Waals surface area contributed by atoms with Crippen LogP contribution in [0.15, 0.2) is 12.4 Å². The van der Waals surface area contributed by atoms with E-state index in [-0.39, 0.29) is 6.04 Å². The maximum Gasteiger partial charge on any atom is 0.0312 e. The number of nitrogens with two attached hydrogens (primary N) is 1. The van der Waals surface area contributed by atoms with Crippen molar-refractivity contribution in [3.63, 3.8) is 0 Å². The maximum absolute atomic E-state index is 6.05. The Hall–Kier alpha value is -0.760. The summed E-state index contributed by atoms with van der Waals surface area (Å²) in [4.78, 5) is 0. The lowest BCUT2D eigenvalue weighted by molar-refractivity contribution is 0.572. The number of fused-ring (bicyclic) bond motifs is 1. The van der Waals surface area contributed by atoms with Gasteiger partial charge >= 0.3 is 0 Å². The average Bonchev–Trinajstić information content (AvgIpc) is 2.49. The molecule has 1 unspecified atom stereocenters. The first-order valence-electron chi connectivity index (χ1n) is 5.14. The zero-order chi connectivity index (χ0) is 9.42. The Morgan fingerprint density at radius 3 is 2.85 bits per heavy atom. The molecular formula is C11H18N2. The van der Waals surface area contributed by atoms with E-state index in [0.29, 0.717) is 6.04 Å². The largest absolute Gasteiger partial charge is 0.351 e. The van der Waals surface area contributed by atoms with Crippen molar-refractivity contribution >= 4 is 0 Å². The molecule has 0 spiro atoms. The lowest BCUT2D eigenvalue weighted by Gasteiger charge is -2.17. The molecule has 2 heteroatoms. The van der Waals surface area contributed by atoms with Gasteiger partial charge in [-0.25, -0.2) is 0 Å². The zero-order valence-corrected chi connectivity index (χ0v) is 8.46. The van der Waals surface area contributed by atoms with E-state index in [9.17, 15) is 0 Å². The second-order valence-electron chi connectivity index (χ2n) is 4.28. The Kier molecular flexibility index (Phi) is 2.16. The normalized spacial score (nSPS) is 22.0. The van der Waals surface area contributed by atoms with E-state index in [1.54, 1.807) is 0 Å². The van der Waals surface area contributed by atoms with E-state index >= 15 is 0 Å². The first kappa shape index (κ1) is 8.82. The average molecular weight is 178 g/mol. The van der Waals surface area contributed by atoms with Gasteiger partial charge in [0.2, 0.25) is 0 Å². The molecule has 0 aromatic carbocycles. The summed E-state index contributed by atoms with van der Waals surface area (Å²) in [5, 5.41) is 0. The minimum absolute atomic E-state index is 0.281. The minimum Gasteiger partial charge on any atom is -0.351 e. The number of nitrogens with zero attached hydrogens (tertiary/aromatic N) is 1. The van der Waals surface area contributed by atoms with Crippen LogP contribution in [0.5, 0.6) is 0 Å². The van der Waals surface area contributed by atoms with Crippen molar-refractivity contribution in [1.82, 2.24) is 4.57 Å². The Labute approximate surface area is 79.7 Å². The van der Waals surface area contributed by atoms with Crippen molar-refractivity contribution in [3.8, 4) is 0 Å². The summed E-state index contributed by atoms with van der Waals surface area (Å²) in [6.07, 6.45) is 8.09. The van der Waals surface area contributed by atoms with Gasteiger partial charge in [0, 0.05) is 24.5 Å². The van der Waals surface area contributed by atoms with Crippen LogP contribution >= 0.6 is 0 Å². The van der Waals surface area contributed by atoms with Gasteiger partial charge in [-0.1, -0.05) is 0 Å². The molecule has 0 fully saturated rings. The van der Waals surface area contributed by atoms with Crippen LogP contribution in [-0.4, -0.2) is 4.57 Å². The summed E-state index contributed by atoms with van der Waals surface area (Å²) < 4.78 is 2.27. The molecule has 0 radical (unpaired) electrons. The fraction of sp³-hybridized carbons (Fsp3) is 0.636. The van der Waals surface area contributed by atoms with Crippen LogP contribution in [0.2, 0.25) is 0 Å². The van der Waals surface area contributed by atoms with E-state index < -0.39 is 0 Å². The highest BCUT2D eigenvalue weighted by molar-refractivity contribution is 5.30. The molecule has 2 nitrogen and oxygen atoms in total. The lowest BCUT2D eigenvalue weighted by atomic mass is 9.92. The quantitative estimate of drug-likeness (QED) is 0.703. The molecule has 1 aliphatic rings. The van der Waals surface area contributed by atoms with Gasteiger partial charge < -0.3 is 10.3 Å². The minimum atomic E-state index is 0.281. The summed E-state index contributed by atoms with van der Waals surface area (Å²) in [5.41, 5.74) is 8.89. The number of hydrogen-bond donors (Lipinski definition) is 1. The molecule has 0 amide bonds. The Morgan fingerprint density at radius 2 is 2.23 bits per heavy atom. The maximum atomic E-state index is 6.05. The highest BCUT2D eigenvalue weighted by atomic mass is 15.0. The van der Waals surface area contributed by atoms with E-state index in [1.165, 1.54) is 24.0 Å². The van der Waals surface area contributed by atoms with Crippen molar-refractivity contribution in [3.05, 3.63) is 23.5 Å². The first-order chi connectivity index (χ1) is 6.18. The SMILES string of the molecule is CC(C)n1cc2c(c1)C(N)CCC2. The molecule has 1 aromatic rings. The van der Waals surface area contributed by atoms with Crippen molar-refractivity contribution in [2.75, 3.05) is 0 Å². The Morgan fingerprint density at radius 1 is 1.46 bits per heavy atom. The molecule has 1 heterocycles. The predicted molar refractivity (Wildman–Crippen MR) is 54.7 cm³/mol. The fourth-order valence-electron chi connectivity index (χ4n) is 2.04. The molecule has 0 aliphatic heterocycles. The van der Waals surface area contributed by atoms with Gasteiger partial charge in [0.15, 0.2) is 0 Å². The summed E-state index contributed by atoms with van der Waals surface area (Å²) in [5.74, 6) is 0. The van der Waals surface area contributed by atoms with E-state index in [0.717, 1.165) is 6.42 Å². The van der Waals surface area contributed by atoms with Gasteiger partial charge in [0.25, 0.3) is 0 Å². The van der Waals surface area contributed by atoms with Crippen LogP contribution in [0, 0.1) is 0 Å². The summed E-state index contributed by atoms with van der Waals surface area (Å²) in [6.45, 7) is 4.41. The monoisotopic (exact) mass is 178 g/mol. The molecule has 1 aliphatic carbocycles. The van der Waals surface area contributed by atoms with Crippen LogP contribution in [0.4, 0.5) is 0 Å². The molecule has 1 aromatic heterocycles. The molecule has 72 valence electrons. The summed E-state index contributed by atoms with van der Waals surface area (Å²) >= 11 is 0. The predicted octanol–water partition coefficient (Wildman–Crippen LogP) is 2.41. The van der Waals surface area contributed by atoms with E-state index in [1.807, 2.05) is 0 Å².